The topological polar surface area (TPSA) is 72.2 Å². The van der Waals surface area contributed by atoms with Gasteiger partial charge in [-0.15, -0.1) is 0 Å². The lowest BCUT2D eigenvalue weighted by molar-refractivity contribution is 0.358. The molecular weight excluding hydrogens is 248 g/mol. The molecule has 5 heteroatoms. The Morgan fingerprint density at radius 3 is 2.44 bits per heavy atom. The summed E-state index contributed by atoms with van der Waals surface area (Å²) in [6.45, 7) is 2.28. The van der Waals surface area contributed by atoms with Crippen LogP contribution in [0.3, 0.4) is 0 Å². The molecular formula is C13H20N2O2S. The third kappa shape index (κ3) is 3.46. The summed E-state index contributed by atoms with van der Waals surface area (Å²) in [5, 5.41) is 8.52. The van der Waals surface area contributed by atoms with Crippen molar-refractivity contribution in [3.63, 3.8) is 0 Å². The molecule has 1 aromatic carbocycles. The van der Waals surface area contributed by atoms with Crippen LogP contribution < -0.4 is 10.5 Å². The summed E-state index contributed by atoms with van der Waals surface area (Å²) in [7, 11) is -3.59. The zero-order chi connectivity index (χ0) is 13.2. The van der Waals surface area contributed by atoms with Crippen molar-refractivity contribution in [3.05, 3.63) is 24.3 Å². The smallest absolute Gasteiger partial charge is 0.238 e. The van der Waals surface area contributed by atoms with Crippen LogP contribution in [-0.4, -0.2) is 14.5 Å². The average molecular weight is 268 g/mol. The van der Waals surface area contributed by atoms with E-state index in [-0.39, 0.29) is 4.90 Å². The molecule has 1 aliphatic rings. The highest BCUT2D eigenvalue weighted by Gasteiger charge is 2.18. The normalized spacial score (nSPS) is 24.8. The Hall–Kier alpha value is -1.07. The summed E-state index contributed by atoms with van der Waals surface area (Å²) >= 11 is 0. The number of benzene rings is 1. The van der Waals surface area contributed by atoms with Gasteiger partial charge in [0.2, 0.25) is 10.0 Å². The molecule has 0 amide bonds. The molecule has 2 unspecified atom stereocenters. The van der Waals surface area contributed by atoms with Crippen LogP contribution in [0.4, 0.5) is 5.69 Å². The molecule has 3 N–H and O–H groups in total. The summed E-state index contributed by atoms with van der Waals surface area (Å²) < 4.78 is 22.3. The molecule has 0 bridgehead atoms. The second-order valence-corrected chi connectivity index (χ2v) is 6.74. The van der Waals surface area contributed by atoms with Crippen LogP contribution in [0, 0.1) is 5.92 Å². The first kappa shape index (κ1) is 13.4. The van der Waals surface area contributed by atoms with E-state index in [4.69, 9.17) is 5.14 Å². The molecule has 0 heterocycles. The van der Waals surface area contributed by atoms with Crippen LogP contribution in [-0.2, 0) is 10.0 Å². The standard InChI is InChI=1S/C13H20N2O2S/c1-10-3-2-4-12(9-10)15-11-5-7-13(8-6-11)18(14,16)17/h5-8,10,12,15H,2-4,9H2,1H3,(H2,14,16,17). The van der Waals surface area contributed by atoms with Crippen molar-refractivity contribution < 1.29 is 8.42 Å². The first-order valence-electron chi connectivity index (χ1n) is 6.34. The van der Waals surface area contributed by atoms with Gasteiger partial charge in [-0.3, -0.25) is 0 Å². The number of rotatable bonds is 3. The number of nitrogens with one attached hydrogen (secondary N) is 1. The molecule has 1 saturated carbocycles. The van der Waals surface area contributed by atoms with E-state index in [9.17, 15) is 8.42 Å². The van der Waals surface area contributed by atoms with Crippen molar-refractivity contribution in [1.29, 1.82) is 0 Å². The van der Waals surface area contributed by atoms with Crippen LogP contribution in [0.1, 0.15) is 32.6 Å². The van der Waals surface area contributed by atoms with Crippen LogP contribution in [0.5, 0.6) is 0 Å². The van der Waals surface area contributed by atoms with E-state index in [1.54, 1.807) is 24.3 Å². The molecule has 0 radical (unpaired) electrons. The van der Waals surface area contributed by atoms with Crippen molar-refractivity contribution in [2.45, 2.75) is 43.5 Å². The molecule has 2 rings (SSSR count). The predicted molar refractivity (Wildman–Crippen MR) is 72.9 cm³/mol. The summed E-state index contributed by atoms with van der Waals surface area (Å²) in [5.74, 6) is 0.764. The van der Waals surface area contributed by atoms with E-state index in [1.807, 2.05) is 0 Å². The van der Waals surface area contributed by atoms with Gasteiger partial charge in [-0.05, 0) is 43.0 Å². The van der Waals surface area contributed by atoms with Gasteiger partial charge >= 0.3 is 0 Å². The monoisotopic (exact) mass is 268 g/mol. The summed E-state index contributed by atoms with van der Waals surface area (Å²) in [5.41, 5.74) is 0.960. The quantitative estimate of drug-likeness (QED) is 0.883. The largest absolute Gasteiger partial charge is 0.382 e. The van der Waals surface area contributed by atoms with E-state index in [0.717, 1.165) is 11.6 Å². The van der Waals surface area contributed by atoms with Crippen LogP contribution in [0.15, 0.2) is 29.2 Å². The highest BCUT2D eigenvalue weighted by Crippen LogP contribution is 2.26. The number of sulfonamides is 1. The van der Waals surface area contributed by atoms with Gasteiger partial charge in [0.15, 0.2) is 0 Å². The lowest BCUT2D eigenvalue weighted by Crippen LogP contribution is -2.26. The van der Waals surface area contributed by atoms with Crippen molar-refractivity contribution in [3.8, 4) is 0 Å². The fourth-order valence-electron chi connectivity index (χ4n) is 2.54. The van der Waals surface area contributed by atoms with Crippen molar-refractivity contribution in [2.24, 2.45) is 11.1 Å². The minimum absolute atomic E-state index is 0.157. The Morgan fingerprint density at radius 1 is 1.22 bits per heavy atom. The molecule has 4 nitrogen and oxygen atoms in total. The zero-order valence-electron chi connectivity index (χ0n) is 10.6. The van der Waals surface area contributed by atoms with Gasteiger partial charge in [-0.25, -0.2) is 13.6 Å². The van der Waals surface area contributed by atoms with Crippen LogP contribution in [0.25, 0.3) is 0 Å². The lowest BCUT2D eigenvalue weighted by Gasteiger charge is -2.28. The molecule has 1 aromatic rings. The number of nitrogens with two attached hydrogens (primary N) is 1. The molecule has 1 fully saturated rings. The highest BCUT2D eigenvalue weighted by atomic mass is 32.2. The number of hydrogen-bond acceptors (Lipinski definition) is 3. The van der Waals surface area contributed by atoms with Gasteiger partial charge in [-0.2, -0.15) is 0 Å². The molecule has 0 aromatic heterocycles. The molecule has 1 aliphatic carbocycles. The highest BCUT2D eigenvalue weighted by molar-refractivity contribution is 7.89. The van der Waals surface area contributed by atoms with E-state index in [0.29, 0.717) is 6.04 Å². The van der Waals surface area contributed by atoms with Gasteiger partial charge in [0.05, 0.1) is 4.90 Å². The summed E-state index contributed by atoms with van der Waals surface area (Å²) in [4.78, 5) is 0.157. The predicted octanol–water partition coefficient (Wildman–Crippen LogP) is 2.32. The molecule has 18 heavy (non-hydrogen) atoms. The van der Waals surface area contributed by atoms with E-state index >= 15 is 0 Å². The maximum absolute atomic E-state index is 11.1. The summed E-state index contributed by atoms with van der Waals surface area (Å²) in [6, 6.07) is 7.14. The Balaban J connectivity index is 2.02. The van der Waals surface area contributed by atoms with Gasteiger partial charge < -0.3 is 5.32 Å². The minimum atomic E-state index is -3.59. The van der Waals surface area contributed by atoms with Crippen molar-refractivity contribution in [2.75, 3.05) is 5.32 Å². The van der Waals surface area contributed by atoms with E-state index < -0.39 is 10.0 Å². The maximum atomic E-state index is 11.1. The Labute approximate surface area is 109 Å². The third-order valence-electron chi connectivity index (χ3n) is 3.49. The number of primary sulfonamides is 1. The number of anilines is 1. The minimum Gasteiger partial charge on any atom is -0.382 e. The van der Waals surface area contributed by atoms with E-state index in [1.165, 1.54) is 25.7 Å². The first-order valence-corrected chi connectivity index (χ1v) is 7.89. The van der Waals surface area contributed by atoms with Crippen LogP contribution in [0.2, 0.25) is 0 Å². The average Bonchev–Trinajstić information content (AvgIpc) is 2.28. The van der Waals surface area contributed by atoms with Crippen molar-refractivity contribution in [1.82, 2.24) is 0 Å². The molecule has 2 atom stereocenters. The SMILES string of the molecule is CC1CCCC(Nc2ccc(S(N)(=O)=O)cc2)C1. The van der Waals surface area contributed by atoms with Crippen LogP contribution >= 0.6 is 0 Å². The first-order chi connectivity index (χ1) is 8.45. The zero-order valence-corrected chi connectivity index (χ0v) is 11.4. The Morgan fingerprint density at radius 2 is 1.89 bits per heavy atom. The van der Waals surface area contributed by atoms with Gasteiger partial charge in [0, 0.05) is 11.7 Å². The van der Waals surface area contributed by atoms with E-state index in [2.05, 4.69) is 12.2 Å². The van der Waals surface area contributed by atoms with Crippen molar-refractivity contribution >= 4 is 15.7 Å². The second kappa shape index (κ2) is 5.28. The number of hydrogen-bond donors (Lipinski definition) is 2. The maximum Gasteiger partial charge on any atom is 0.238 e. The fourth-order valence-corrected chi connectivity index (χ4v) is 3.06. The molecule has 0 saturated heterocycles. The summed E-state index contributed by atoms with van der Waals surface area (Å²) in [6.07, 6.45) is 4.93. The molecule has 100 valence electrons. The third-order valence-corrected chi connectivity index (χ3v) is 4.42. The Kier molecular flexibility index (Phi) is 3.92. The van der Waals surface area contributed by atoms with Gasteiger partial charge in [0.1, 0.15) is 0 Å². The second-order valence-electron chi connectivity index (χ2n) is 5.18. The van der Waals surface area contributed by atoms with Gasteiger partial charge in [0.25, 0.3) is 0 Å². The van der Waals surface area contributed by atoms with Gasteiger partial charge in [-0.1, -0.05) is 19.8 Å². The lowest BCUT2D eigenvalue weighted by atomic mass is 9.87. The fraction of sp³-hybridized carbons (Fsp3) is 0.538. The molecule has 0 spiro atoms. The Bertz CT molecular complexity index is 496. The molecule has 0 aliphatic heterocycles.